The largest absolute Gasteiger partial charge is 0.417 e. The predicted molar refractivity (Wildman–Crippen MR) is 132 cm³/mol. The summed E-state index contributed by atoms with van der Waals surface area (Å²) in [6.45, 7) is 0.142. The Morgan fingerprint density at radius 1 is 1.03 bits per heavy atom. The zero-order valence-corrected chi connectivity index (χ0v) is 19.5. The highest BCUT2D eigenvalue weighted by Crippen LogP contribution is 2.31. The first-order chi connectivity index (χ1) is 17.8. The molecule has 0 aliphatic carbocycles. The number of anilines is 1. The van der Waals surface area contributed by atoms with Gasteiger partial charge in [0.1, 0.15) is 23.5 Å². The maximum Gasteiger partial charge on any atom is 0.417 e. The highest BCUT2D eigenvalue weighted by Gasteiger charge is 2.31. The molecule has 0 atom stereocenters. The van der Waals surface area contributed by atoms with Crippen LogP contribution in [-0.4, -0.2) is 29.9 Å². The number of hydrogen-bond acceptors (Lipinski definition) is 5. The van der Waals surface area contributed by atoms with Crippen molar-refractivity contribution in [1.82, 2.24) is 29.9 Å². The molecule has 0 bridgehead atoms. The number of H-pyrrole nitrogens is 2. The van der Waals surface area contributed by atoms with Gasteiger partial charge in [0.25, 0.3) is 0 Å². The van der Waals surface area contributed by atoms with Crippen molar-refractivity contribution in [2.24, 2.45) is 0 Å². The van der Waals surface area contributed by atoms with E-state index in [-0.39, 0.29) is 6.54 Å². The normalized spacial score (nSPS) is 12.1. The zero-order valence-electron chi connectivity index (χ0n) is 18.8. The summed E-state index contributed by atoms with van der Waals surface area (Å²) in [5, 5.41) is 4.12. The SMILES string of the molecule is Fc1c(CNc2ncnc3nc(Cc4ccc5ncc(C(F)(F)F)cc5c4)[nH]c23)ccc2[nH]cc(Cl)c12. The van der Waals surface area contributed by atoms with Crippen LogP contribution >= 0.6 is 11.6 Å². The summed E-state index contributed by atoms with van der Waals surface area (Å²) in [5.74, 6) is 0.553. The molecule has 12 heteroatoms. The molecular formula is C25H16ClF4N7. The van der Waals surface area contributed by atoms with Gasteiger partial charge < -0.3 is 15.3 Å². The molecule has 4 aromatic heterocycles. The lowest BCUT2D eigenvalue weighted by atomic mass is 10.1. The van der Waals surface area contributed by atoms with Crippen molar-refractivity contribution in [3.63, 3.8) is 0 Å². The van der Waals surface area contributed by atoms with Crippen LogP contribution in [0, 0.1) is 5.82 Å². The van der Waals surface area contributed by atoms with E-state index in [1.807, 2.05) is 0 Å². The van der Waals surface area contributed by atoms with E-state index in [0.717, 1.165) is 17.8 Å². The van der Waals surface area contributed by atoms with Gasteiger partial charge in [-0.2, -0.15) is 13.2 Å². The Morgan fingerprint density at radius 2 is 1.89 bits per heavy atom. The highest BCUT2D eigenvalue weighted by atomic mass is 35.5. The second-order valence-corrected chi connectivity index (χ2v) is 8.89. The van der Waals surface area contributed by atoms with Crippen LogP contribution in [0.1, 0.15) is 22.5 Å². The third-order valence-corrected chi connectivity index (χ3v) is 6.34. The Bertz CT molecular complexity index is 1790. The Kier molecular flexibility index (Phi) is 5.45. The van der Waals surface area contributed by atoms with Gasteiger partial charge >= 0.3 is 6.18 Å². The fourth-order valence-electron chi connectivity index (χ4n) is 4.24. The van der Waals surface area contributed by atoms with E-state index in [1.54, 1.807) is 30.3 Å². The zero-order chi connectivity index (χ0) is 25.7. The molecule has 0 amide bonds. The summed E-state index contributed by atoms with van der Waals surface area (Å²) >= 11 is 6.10. The number of fused-ring (bicyclic) bond motifs is 3. The van der Waals surface area contributed by atoms with Crippen molar-refractivity contribution >= 4 is 50.4 Å². The quantitative estimate of drug-likeness (QED) is 0.226. The molecule has 0 spiro atoms. The number of benzene rings is 2. The average molecular weight is 526 g/mol. The average Bonchev–Trinajstić information content (AvgIpc) is 3.46. The maximum absolute atomic E-state index is 15.0. The van der Waals surface area contributed by atoms with Crippen LogP contribution < -0.4 is 5.32 Å². The molecule has 0 radical (unpaired) electrons. The number of imidazole rings is 1. The third kappa shape index (κ3) is 4.31. The van der Waals surface area contributed by atoms with Crippen molar-refractivity contribution in [3.05, 3.63) is 88.5 Å². The van der Waals surface area contributed by atoms with Gasteiger partial charge in [-0.25, -0.2) is 19.3 Å². The molecule has 186 valence electrons. The standard InChI is InChI=1S/C25H16ClF4N7/c26-16-10-32-18-4-2-13(21(27)20(16)18)8-33-23-22-24(35-11-34-23)37-19(36-22)6-12-1-3-17-14(5-12)7-15(9-31-17)25(28,29)30/h1-5,7,9-11,32H,6,8H2,(H2,33,34,35,36,37). The number of alkyl halides is 3. The lowest BCUT2D eigenvalue weighted by Gasteiger charge is -2.08. The molecule has 2 aromatic carbocycles. The number of nitrogens with one attached hydrogen (secondary N) is 3. The molecule has 6 aromatic rings. The van der Waals surface area contributed by atoms with Gasteiger partial charge in [0.05, 0.1) is 21.5 Å². The van der Waals surface area contributed by atoms with Crippen LogP contribution in [0.15, 0.2) is 55.1 Å². The lowest BCUT2D eigenvalue weighted by molar-refractivity contribution is -0.137. The predicted octanol–water partition coefficient (Wildman–Crippen LogP) is 6.40. The van der Waals surface area contributed by atoms with E-state index >= 15 is 0 Å². The molecule has 6 rings (SSSR count). The summed E-state index contributed by atoms with van der Waals surface area (Å²) in [7, 11) is 0. The molecule has 0 saturated carbocycles. The number of nitrogens with zero attached hydrogens (tertiary/aromatic N) is 4. The lowest BCUT2D eigenvalue weighted by Crippen LogP contribution is -2.05. The third-order valence-electron chi connectivity index (χ3n) is 6.04. The molecule has 4 heterocycles. The first kappa shape index (κ1) is 23.2. The van der Waals surface area contributed by atoms with Crippen molar-refractivity contribution in [2.45, 2.75) is 19.1 Å². The molecule has 7 nitrogen and oxygen atoms in total. The van der Waals surface area contributed by atoms with Crippen molar-refractivity contribution in [2.75, 3.05) is 5.32 Å². The van der Waals surface area contributed by atoms with Gasteiger partial charge in [-0.1, -0.05) is 23.7 Å². The molecular weight excluding hydrogens is 510 g/mol. The van der Waals surface area contributed by atoms with E-state index in [0.29, 0.717) is 61.6 Å². The van der Waals surface area contributed by atoms with E-state index in [2.05, 4.69) is 35.2 Å². The van der Waals surface area contributed by atoms with E-state index in [1.165, 1.54) is 12.5 Å². The number of aromatic nitrogens is 6. The molecule has 0 aliphatic rings. The molecule has 0 fully saturated rings. The number of rotatable bonds is 5. The number of hydrogen-bond donors (Lipinski definition) is 3. The number of halogens is 5. The first-order valence-electron chi connectivity index (χ1n) is 11.1. The maximum atomic E-state index is 15.0. The van der Waals surface area contributed by atoms with Gasteiger partial charge in [-0.05, 0) is 29.8 Å². The second-order valence-electron chi connectivity index (χ2n) is 8.48. The molecule has 0 aliphatic heterocycles. The first-order valence-corrected chi connectivity index (χ1v) is 11.5. The number of pyridine rings is 1. The van der Waals surface area contributed by atoms with Crippen molar-refractivity contribution < 1.29 is 17.6 Å². The molecule has 0 unspecified atom stereocenters. The Labute approximate surface area is 210 Å². The molecule has 3 N–H and O–H groups in total. The number of aromatic amines is 2. The minimum atomic E-state index is -4.47. The van der Waals surface area contributed by atoms with E-state index < -0.39 is 17.6 Å². The fraction of sp³-hybridized carbons (Fsp3) is 0.120. The van der Waals surface area contributed by atoms with Crippen molar-refractivity contribution in [1.29, 1.82) is 0 Å². The van der Waals surface area contributed by atoms with Gasteiger partial charge in [-0.3, -0.25) is 4.98 Å². The fourth-order valence-corrected chi connectivity index (χ4v) is 4.47. The van der Waals surface area contributed by atoms with Gasteiger partial charge in [0.2, 0.25) is 0 Å². The summed E-state index contributed by atoms with van der Waals surface area (Å²) in [4.78, 5) is 22.9. The van der Waals surface area contributed by atoms with Gasteiger partial charge in [0, 0.05) is 41.8 Å². The van der Waals surface area contributed by atoms with E-state index in [9.17, 15) is 17.6 Å². The van der Waals surface area contributed by atoms with Gasteiger partial charge in [-0.15, -0.1) is 0 Å². The minimum Gasteiger partial charge on any atom is -0.364 e. The minimum absolute atomic E-state index is 0.142. The topological polar surface area (TPSA) is 95.2 Å². The van der Waals surface area contributed by atoms with Crippen LogP contribution in [0.4, 0.5) is 23.4 Å². The van der Waals surface area contributed by atoms with Crippen LogP contribution in [0.25, 0.3) is 33.0 Å². The van der Waals surface area contributed by atoms with Crippen LogP contribution in [0.2, 0.25) is 5.02 Å². The Balaban J connectivity index is 1.26. The molecule has 0 saturated heterocycles. The van der Waals surface area contributed by atoms with Crippen LogP contribution in [0.5, 0.6) is 0 Å². The summed E-state index contributed by atoms with van der Waals surface area (Å²) in [6, 6.07) is 9.60. The van der Waals surface area contributed by atoms with E-state index in [4.69, 9.17) is 11.6 Å². The molecule has 37 heavy (non-hydrogen) atoms. The Hall–Kier alpha value is -4.25. The van der Waals surface area contributed by atoms with Crippen LogP contribution in [0.3, 0.4) is 0 Å². The summed E-state index contributed by atoms with van der Waals surface area (Å²) in [5.41, 5.74) is 2.34. The van der Waals surface area contributed by atoms with Gasteiger partial charge in [0.15, 0.2) is 11.5 Å². The highest BCUT2D eigenvalue weighted by molar-refractivity contribution is 6.35. The second kappa shape index (κ2) is 8.70. The van der Waals surface area contributed by atoms with Crippen molar-refractivity contribution in [3.8, 4) is 0 Å². The van der Waals surface area contributed by atoms with Crippen LogP contribution in [-0.2, 0) is 19.1 Å². The summed E-state index contributed by atoms with van der Waals surface area (Å²) in [6.07, 6.45) is -0.447. The Morgan fingerprint density at radius 3 is 2.73 bits per heavy atom. The monoisotopic (exact) mass is 525 g/mol. The summed E-state index contributed by atoms with van der Waals surface area (Å²) < 4.78 is 54.2. The smallest absolute Gasteiger partial charge is 0.364 e.